The summed E-state index contributed by atoms with van der Waals surface area (Å²) in [5.74, 6) is -9.46. The first-order valence-corrected chi connectivity index (χ1v) is 41.4. The smallest absolute Gasteiger partial charge is 0.248 e. The number of hydrogen-bond donors (Lipinski definition) is 14. The number of rotatable bonds is 37. The SMILES string of the molecule is CC(=O)N1CCCC[C@H]1C(=O)NC(C)(C)C(=O)N1CCCCC1C(=O)NC(C)(C)C(=O)NC(C)(C)C(=O)N[C@@H](CC(C)C)C(=O)NCCC(=O)NCC(=O)NC1(C(=O)NC(C)(C)C(=O)N2CCCC[C@H]2C(=O)NC(C)(C)C(=O)NCC(=O)N[C@@H](CC(C)C)C(=O)NC(C)(C)C(=O)N[C@@H](CC(C)C)CN2CCC[NH+]3CCCC23)CC1. The lowest BCUT2D eigenvalue weighted by Gasteiger charge is -2.42. The third kappa shape index (κ3) is 26.5. The van der Waals surface area contributed by atoms with Crippen molar-refractivity contribution in [3.05, 3.63) is 0 Å². The summed E-state index contributed by atoms with van der Waals surface area (Å²) in [5.41, 5.74) is -10.8. The number of carbonyl (C=O) groups excluding carboxylic acids is 16. The minimum Gasteiger partial charge on any atom is -0.354 e. The lowest BCUT2D eigenvalue weighted by atomic mass is 9.93. The number of nitrogens with zero attached hydrogens (tertiary/aromatic N) is 4. The van der Waals surface area contributed by atoms with Gasteiger partial charge in [0, 0.05) is 77.9 Å². The molecule has 6 aliphatic rings. The Balaban J connectivity index is 0.927. The van der Waals surface area contributed by atoms with E-state index in [-0.39, 0.29) is 94.3 Å². The van der Waals surface area contributed by atoms with Crippen LogP contribution in [0, 0.1) is 17.8 Å². The van der Waals surface area contributed by atoms with Crippen molar-refractivity contribution >= 4 is 94.5 Å². The highest BCUT2D eigenvalue weighted by Crippen LogP contribution is 2.37. The summed E-state index contributed by atoms with van der Waals surface area (Å²) < 4.78 is 0. The topological polar surface area (TPSA) is 447 Å². The van der Waals surface area contributed by atoms with Gasteiger partial charge in [-0.05, 0) is 191 Å². The highest BCUT2D eigenvalue weighted by Gasteiger charge is 2.54. The molecule has 6 rings (SSSR count). The molecule has 5 heterocycles. The summed E-state index contributed by atoms with van der Waals surface area (Å²) in [4.78, 5) is 228. The second-order valence-corrected chi connectivity index (χ2v) is 36.9. The van der Waals surface area contributed by atoms with Gasteiger partial charge in [0.25, 0.3) is 0 Å². The molecule has 0 spiro atoms. The van der Waals surface area contributed by atoms with Gasteiger partial charge in [-0.3, -0.25) is 81.6 Å². The Morgan fingerprint density at radius 2 is 0.860 bits per heavy atom. The molecule has 5 aliphatic heterocycles. The van der Waals surface area contributed by atoms with E-state index >= 15 is 0 Å². The normalized spacial score (nSPS) is 20.9. The van der Waals surface area contributed by atoms with Gasteiger partial charge in [0.05, 0.1) is 26.2 Å². The average Bonchev–Trinajstić information content (AvgIpc) is 1.56. The maximum atomic E-state index is 14.4. The second-order valence-electron chi connectivity index (χ2n) is 36.9. The van der Waals surface area contributed by atoms with Gasteiger partial charge < -0.3 is 88.7 Å². The maximum Gasteiger partial charge on any atom is 0.248 e. The number of amides is 16. The third-order valence-corrected chi connectivity index (χ3v) is 22.4. The van der Waals surface area contributed by atoms with Crippen molar-refractivity contribution in [3.63, 3.8) is 0 Å². The maximum absolute atomic E-state index is 14.4. The number of piperidine rings is 3. The highest BCUT2D eigenvalue weighted by molar-refractivity contribution is 6.03. The molecule has 0 bridgehead atoms. The zero-order valence-corrected chi connectivity index (χ0v) is 71.4. The largest absolute Gasteiger partial charge is 0.354 e. The van der Waals surface area contributed by atoms with Crippen LogP contribution in [0.25, 0.3) is 0 Å². The molecular weight excluding hydrogens is 1470 g/mol. The lowest BCUT2D eigenvalue weighted by Crippen LogP contribution is -3.16. The summed E-state index contributed by atoms with van der Waals surface area (Å²) >= 11 is 0. The number of hydrogen-bond acceptors (Lipinski definition) is 17. The first-order valence-electron chi connectivity index (χ1n) is 41.4. The van der Waals surface area contributed by atoms with Gasteiger partial charge in [0.2, 0.25) is 94.5 Å². The standard InChI is InChI=1S/C80H136N18O16/c1-48(2)42-52(47-95-38-27-37-94-36-26-31-61(94)95)84-68(109)75(10,11)88-63(104)54(44-50(5)6)85-59(101)45-83-67(108)74(8,9)89-65(106)56-29-22-25-41-98(56)73(114)79(18,19)93-71(112)80(33-34-80)87-60(102)46-82-58(100)32-35-81-62(103)53(43-49(3)4)86-69(110)76(12,13)92-70(111)77(14,15)90-66(107)57-30-21-24-40-97(57)72(113)78(16,17)91-64(105)55-28-20-23-39-96(55)51(7)99/h48-50,52-57,61H,20-47H2,1-19H3,(H,81,103)(H,82,100)(H,83,108)(H,84,109)(H,85,101)(H,86,110)(H,87,102)(H,88,104)(H,89,106)(H,90,107)(H,91,105)(H,92,111)(H,93,112)/p+1/t52-,53-,54-,55-,56-,57?,61?/m0/s1. The fourth-order valence-electron chi connectivity index (χ4n) is 15.8. The summed E-state index contributed by atoms with van der Waals surface area (Å²) in [7, 11) is 0. The van der Waals surface area contributed by atoms with Crippen LogP contribution < -0.4 is 74.0 Å². The van der Waals surface area contributed by atoms with E-state index in [2.05, 4.69) is 87.9 Å². The molecule has 642 valence electrons. The Morgan fingerprint density at radius 3 is 1.38 bits per heavy atom. The zero-order chi connectivity index (χ0) is 85.4. The molecule has 34 nitrogen and oxygen atoms in total. The number of quaternary nitrogens is 1. The Labute approximate surface area is 673 Å². The van der Waals surface area contributed by atoms with Gasteiger partial charge in [-0.25, -0.2) is 0 Å². The van der Waals surface area contributed by atoms with Crippen LogP contribution in [0.4, 0.5) is 0 Å². The van der Waals surface area contributed by atoms with Gasteiger partial charge in [-0.2, -0.15) is 0 Å². The molecule has 1 aliphatic carbocycles. The van der Waals surface area contributed by atoms with Crippen LogP contribution >= 0.6 is 0 Å². The van der Waals surface area contributed by atoms with E-state index < -0.39 is 165 Å². The number of fused-ring (bicyclic) bond motifs is 1. The van der Waals surface area contributed by atoms with Crippen molar-refractivity contribution in [2.75, 3.05) is 65.4 Å². The molecule has 114 heavy (non-hydrogen) atoms. The molecule has 0 aromatic rings. The fraction of sp³-hybridized carbons (Fsp3) is 0.800. The van der Waals surface area contributed by atoms with Gasteiger partial charge in [-0.1, -0.05) is 41.5 Å². The van der Waals surface area contributed by atoms with Crippen LogP contribution in [0.15, 0.2) is 0 Å². The van der Waals surface area contributed by atoms with E-state index in [1.165, 1.54) is 83.4 Å². The van der Waals surface area contributed by atoms with Crippen molar-refractivity contribution < 1.29 is 81.6 Å². The predicted molar refractivity (Wildman–Crippen MR) is 425 cm³/mol. The Kier molecular flexibility index (Phi) is 33.0. The first kappa shape index (κ1) is 94.3. The summed E-state index contributed by atoms with van der Waals surface area (Å²) in [6.45, 7) is 34.4. The molecule has 0 aromatic heterocycles. The van der Waals surface area contributed by atoms with Crippen molar-refractivity contribution in [1.29, 1.82) is 0 Å². The molecule has 34 heteroatoms. The highest BCUT2D eigenvalue weighted by atomic mass is 16.2. The van der Waals surface area contributed by atoms with Crippen molar-refractivity contribution in [2.45, 2.75) is 328 Å². The van der Waals surface area contributed by atoms with E-state index in [1.54, 1.807) is 32.6 Å². The number of nitrogens with one attached hydrogen (secondary N) is 14. The minimum absolute atomic E-state index is 0.0529. The lowest BCUT2D eigenvalue weighted by molar-refractivity contribution is -0.930. The van der Waals surface area contributed by atoms with Crippen molar-refractivity contribution in [2.24, 2.45) is 17.8 Å². The molecule has 6 fully saturated rings. The molecular formula is C80H137N18O16+. The molecule has 0 aromatic carbocycles. The summed E-state index contributed by atoms with van der Waals surface area (Å²) in [6, 6.07) is -5.12. The zero-order valence-electron chi connectivity index (χ0n) is 71.4. The van der Waals surface area contributed by atoms with Crippen LogP contribution in [0.1, 0.15) is 247 Å². The van der Waals surface area contributed by atoms with Gasteiger partial charge in [-0.15, -0.1) is 0 Å². The molecule has 16 amide bonds. The van der Waals surface area contributed by atoms with Gasteiger partial charge in [0.15, 0.2) is 0 Å². The Morgan fingerprint density at radius 1 is 0.412 bits per heavy atom. The van der Waals surface area contributed by atoms with E-state index in [1.807, 2.05) is 27.7 Å². The average molecular weight is 1610 g/mol. The monoisotopic (exact) mass is 1610 g/mol. The van der Waals surface area contributed by atoms with Crippen LogP contribution in [0.5, 0.6) is 0 Å². The molecule has 14 N–H and O–H groups in total. The van der Waals surface area contributed by atoms with Crippen molar-refractivity contribution in [1.82, 2.24) is 88.7 Å². The quantitative estimate of drug-likeness (QED) is 0.0362. The number of likely N-dealkylation sites (tertiary alicyclic amines) is 3. The fourth-order valence-corrected chi connectivity index (χ4v) is 15.8. The van der Waals surface area contributed by atoms with Gasteiger partial charge in [0.1, 0.15) is 75.1 Å². The predicted octanol–water partition coefficient (Wildman–Crippen LogP) is -0.791. The molecule has 8 atom stereocenters. The van der Waals surface area contributed by atoms with Crippen LogP contribution in [0.2, 0.25) is 0 Å². The minimum atomic E-state index is -1.66. The van der Waals surface area contributed by atoms with E-state index in [0.717, 1.165) is 51.7 Å². The number of carbonyl (C=O) groups is 16. The third-order valence-electron chi connectivity index (χ3n) is 22.4. The molecule has 3 unspecified atom stereocenters. The summed E-state index contributed by atoms with van der Waals surface area (Å²) in [5, 5.41) is 35.6. The first-order chi connectivity index (χ1) is 52.9. The van der Waals surface area contributed by atoms with E-state index in [4.69, 9.17) is 0 Å². The summed E-state index contributed by atoms with van der Waals surface area (Å²) in [6.07, 6.45) is 9.87. The van der Waals surface area contributed by atoms with Crippen LogP contribution in [0.3, 0.4) is 0 Å². The van der Waals surface area contributed by atoms with Gasteiger partial charge >= 0.3 is 0 Å². The van der Waals surface area contributed by atoms with Crippen molar-refractivity contribution in [3.8, 4) is 0 Å². The molecule has 0 radical (unpaired) electrons. The Hall–Kier alpha value is -8.56. The second kappa shape index (κ2) is 39.9. The molecule has 5 saturated heterocycles. The molecule has 1 saturated carbocycles. The van der Waals surface area contributed by atoms with E-state index in [0.29, 0.717) is 57.3 Å². The van der Waals surface area contributed by atoms with Crippen LogP contribution in [-0.2, 0) is 76.7 Å². The Bertz CT molecular complexity index is 3530. The van der Waals surface area contributed by atoms with E-state index in [9.17, 15) is 76.7 Å². The van der Waals surface area contributed by atoms with Crippen LogP contribution in [-0.4, -0.2) is 261 Å².